The summed E-state index contributed by atoms with van der Waals surface area (Å²) in [7, 11) is 0. The largest absolute Gasteiger partial charge is 0.387 e. The number of aliphatic hydroxyl groups excluding tert-OH is 1. The van der Waals surface area contributed by atoms with E-state index in [0.29, 0.717) is 13.2 Å². The summed E-state index contributed by atoms with van der Waals surface area (Å²) >= 11 is 5.41. The molecule has 0 unspecified atom stereocenters. The molecule has 0 aromatic heterocycles. The molecular formula is C7H15ClO3. The van der Waals surface area contributed by atoms with Gasteiger partial charge in [-0.2, -0.15) is 0 Å². The maximum atomic E-state index is 9.20. The molecule has 0 aromatic carbocycles. The number of ether oxygens (including phenoxy) is 2. The molecule has 0 heterocycles. The third-order valence-electron chi connectivity index (χ3n) is 1.13. The minimum Gasteiger partial charge on any atom is -0.387 e. The fourth-order valence-electron chi connectivity index (χ4n) is 0.672. The van der Waals surface area contributed by atoms with E-state index < -0.39 is 12.4 Å². The second-order valence-electron chi connectivity index (χ2n) is 2.00. The summed E-state index contributed by atoms with van der Waals surface area (Å²) in [6.45, 7) is 4.71. The van der Waals surface area contributed by atoms with Gasteiger partial charge in [0.05, 0.1) is 5.88 Å². The van der Waals surface area contributed by atoms with Crippen molar-refractivity contribution in [3.63, 3.8) is 0 Å². The lowest BCUT2D eigenvalue weighted by Crippen LogP contribution is -2.33. The second-order valence-corrected chi connectivity index (χ2v) is 2.31. The average Bonchev–Trinajstić information content (AvgIpc) is 2.03. The minimum atomic E-state index is -0.739. The van der Waals surface area contributed by atoms with Crippen molar-refractivity contribution in [1.29, 1.82) is 0 Å². The fourth-order valence-corrected chi connectivity index (χ4v) is 0.817. The summed E-state index contributed by atoms with van der Waals surface area (Å²) in [5.41, 5.74) is 0. The predicted molar refractivity (Wildman–Crippen MR) is 43.8 cm³/mol. The van der Waals surface area contributed by atoms with Crippen LogP contribution in [-0.2, 0) is 9.47 Å². The molecule has 0 spiro atoms. The quantitative estimate of drug-likeness (QED) is 0.492. The van der Waals surface area contributed by atoms with Gasteiger partial charge in [-0.1, -0.05) is 0 Å². The Morgan fingerprint density at radius 2 is 1.73 bits per heavy atom. The van der Waals surface area contributed by atoms with Gasteiger partial charge in [-0.15, -0.1) is 11.6 Å². The van der Waals surface area contributed by atoms with Crippen LogP contribution in [-0.4, -0.2) is 36.6 Å². The van der Waals surface area contributed by atoms with Gasteiger partial charge in [0.2, 0.25) is 0 Å². The van der Waals surface area contributed by atoms with Crippen molar-refractivity contribution in [1.82, 2.24) is 0 Å². The van der Waals surface area contributed by atoms with Crippen molar-refractivity contribution in [2.45, 2.75) is 26.2 Å². The van der Waals surface area contributed by atoms with E-state index in [2.05, 4.69) is 0 Å². The molecule has 0 aliphatic rings. The molecule has 0 saturated heterocycles. The van der Waals surface area contributed by atoms with Crippen LogP contribution in [0.4, 0.5) is 0 Å². The van der Waals surface area contributed by atoms with Gasteiger partial charge in [0, 0.05) is 13.2 Å². The summed E-state index contributed by atoms with van der Waals surface area (Å²) in [5.74, 6) is 0.130. The average molecular weight is 183 g/mol. The van der Waals surface area contributed by atoms with Gasteiger partial charge < -0.3 is 14.6 Å². The van der Waals surface area contributed by atoms with Crippen LogP contribution in [0.2, 0.25) is 0 Å². The Bertz CT molecular complexity index is 83.8. The van der Waals surface area contributed by atoms with Gasteiger partial charge in [-0.3, -0.25) is 0 Å². The Hall–Kier alpha value is 0.170. The van der Waals surface area contributed by atoms with Gasteiger partial charge >= 0.3 is 0 Å². The van der Waals surface area contributed by atoms with Crippen LogP contribution < -0.4 is 0 Å². The highest BCUT2D eigenvalue weighted by Gasteiger charge is 2.17. The van der Waals surface area contributed by atoms with Crippen molar-refractivity contribution >= 4 is 11.6 Å². The fraction of sp³-hybridized carbons (Fsp3) is 1.00. The zero-order valence-electron chi connectivity index (χ0n) is 6.92. The van der Waals surface area contributed by atoms with Crippen LogP contribution >= 0.6 is 11.6 Å². The van der Waals surface area contributed by atoms with E-state index in [1.807, 2.05) is 13.8 Å². The molecule has 0 saturated carbocycles. The van der Waals surface area contributed by atoms with E-state index >= 15 is 0 Å². The van der Waals surface area contributed by atoms with Gasteiger partial charge in [0.25, 0.3) is 0 Å². The monoisotopic (exact) mass is 182 g/mol. The Labute approximate surface area is 72.3 Å². The molecule has 4 heteroatoms. The lowest BCUT2D eigenvalue weighted by atomic mass is 10.4. The van der Waals surface area contributed by atoms with E-state index in [0.717, 1.165) is 0 Å². The van der Waals surface area contributed by atoms with Crippen molar-refractivity contribution in [2.75, 3.05) is 19.1 Å². The molecule has 1 atom stereocenters. The molecule has 0 aliphatic carbocycles. The highest BCUT2D eigenvalue weighted by molar-refractivity contribution is 6.18. The van der Waals surface area contributed by atoms with E-state index in [-0.39, 0.29) is 5.88 Å². The molecule has 3 nitrogen and oxygen atoms in total. The number of aliphatic hydroxyl groups is 1. The van der Waals surface area contributed by atoms with Crippen molar-refractivity contribution in [3.8, 4) is 0 Å². The summed E-state index contributed by atoms with van der Waals surface area (Å²) in [5, 5.41) is 9.20. The summed E-state index contributed by atoms with van der Waals surface area (Å²) in [6.07, 6.45) is -1.32. The predicted octanol–water partition coefficient (Wildman–Crippen LogP) is 0.985. The van der Waals surface area contributed by atoms with Gasteiger partial charge in [-0.05, 0) is 13.8 Å². The topological polar surface area (TPSA) is 38.7 Å². The van der Waals surface area contributed by atoms with Crippen molar-refractivity contribution in [3.05, 3.63) is 0 Å². The Morgan fingerprint density at radius 3 is 2.00 bits per heavy atom. The first kappa shape index (κ1) is 11.2. The normalized spacial score (nSPS) is 13.9. The molecule has 0 aromatic rings. The molecule has 68 valence electrons. The van der Waals surface area contributed by atoms with Gasteiger partial charge in [0.15, 0.2) is 6.29 Å². The van der Waals surface area contributed by atoms with Crippen molar-refractivity contribution < 1.29 is 14.6 Å². The molecule has 0 bridgehead atoms. The van der Waals surface area contributed by atoms with E-state index in [9.17, 15) is 5.11 Å². The highest BCUT2D eigenvalue weighted by Crippen LogP contribution is 2.03. The third kappa shape index (κ3) is 4.58. The molecule has 0 aliphatic heterocycles. The van der Waals surface area contributed by atoms with Crippen LogP contribution in [0.5, 0.6) is 0 Å². The summed E-state index contributed by atoms with van der Waals surface area (Å²) < 4.78 is 10.2. The molecule has 0 radical (unpaired) electrons. The SMILES string of the molecule is CCOC(OCC)[C@@H](O)CCl. The molecule has 0 fully saturated rings. The standard InChI is InChI=1S/C7H15ClO3/c1-3-10-7(11-4-2)6(9)5-8/h6-7,9H,3-5H2,1-2H3/t6-/m0/s1. The first-order valence-electron chi connectivity index (χ1n) is 3.73. The molecular weight excluding hydrogens is 168 g/mol. The minimum absolute atomic E-state index is 0.130. The number of hydrogen-bond acceptors (Lipinski definition) is 3. The molecule has 0 rings (SSSR count). The smallest absolute Gasteiger partial charge is 0.184 e. The summed E-state index contributed by atoms with van der Waals surface area (Å²) in [4.78, 5) is 0. The van der Waals surface area contributed by atoms with Gasteiger partial charge in [-0.25, -0.2) is 0 Å². The first-order chi connectivity index (χ1) is 5.26. The Kier molecular flexibility index (Phi) is 6.96. The number of rotatable bonds is 6. The van der Waals surface area contributed by atoms with Crippen LogP contribution in [0, 0.1) is 0 Å². The van der Waals surface area contributed by atoms with E-state index in [4.69, 9.17) is 21.1 Å². The highest BCUT2D eigenvalue weighted by atomic mass is 35.5. The molecule has 1 N–H and O–H groups in total. The Morgan fingerprint density at radius 1 is 1.27 bits per heavy atom. The number of halogens is 1. The maximum absolute atomic E-state index is 9.20. The lowest BCUT2D eigenvalue weighted by molar-refractivity contribution is -0.183. The zero-order valence-corrected chi connectivity index (χ0v) is 7.67. The molecule has 0 amide bonds. The van der Waals surface area contributed by atoms with Gasteiger partial charge in [0.1, 0.15) is 6.10 Å². The first-order valence-corrected chi connectivity index (χ1v) is 4.26. The lowest BCUT2D eigenvalue weighted by Gasteiger charge is -2.20. The third-order valence-corrected chi connectivity index (χ3v) is 1.45. The van der Waals surface area contributed by atoms with Crippen LogP contribution in [0.25, 0.3) is 0 Å². The molecule has 11 heavy (non-hydrogen) atoms. The van der Waals surface area contributed by atoms with E-state index in [1.54, 1.807) is 0 Å². The van der Waals surface area contributed by atoms with Crippen molar-refractivity contribution in [2.24, 2.45) is 0 Å². The maximum Gasteiger partial charge on any atom is 0.184 e. The zero-order chi connectivity index (χ0) is 8.69. The number of hydrogen-bond donors (Lipinski definition) is 1. The van der Waals surface area contributed by atoms with Crippen LogP contribution in [0.1, 0.15) is 13.8 Å². The van der Waals surface area contributed by atoms with Crippen LogP contribution in [0.3, 0.4) is 0 Å². The summed E-state index contributed by atoms with van der Waals surface area (Å²) in [6, 6.07) is 0. The number of alkyl halides is 1. The van der Waals surface area contributed by atoms with Crippen LogP contribution in [0.15, 0.2) is 0 Å². The Balaban J connectivity index is 3.66. The second kappa shape index (κ2) is 6.85. The van der Waals surface area contributed by atoms with E-state index in [1.165, 1.54) is 0 Å².